The van der Waals surface area contributed by atoms with Crippen molar-refractivity contribution in [2.45, 2.75) is 58.2 Å². The summed E-state index contributed by atoms with van der Waals surface area (Å²) < 4.78 is 1.72. The van der Waals surface area contributed by atoms with Gasteiger partial charge in [-0.2, -0.15) is 0 Å². The van der Waals surface area contributed by atoms with Crippen LogP contribution in [0.15, 0.2) is 46.0 Å². The molecule has 1 aliphatic carbocycles. The van der Waals surface area contributed by atoms with Gasteiger partial charge in [-0.1, -0.05) is 43.8 Å². The first-order chi connectivity index (χ1) is 13.5. The van der Waals surface area contributed by atoms with Gasteiger partial charge in [0.2, 0.25) is 5.91 Å². The number of carbonyl (C=O) groups is 1. The highest BCUT2D eigenvalue weighted by Gasteiger charge is 2.20. The molecule has 0 bridgehead atoms. The molecule has 2 aromatic rings. The number of aromatic nitrogens is 2. The number of thioether (sulfide) groups is 1. The Labute approximate surface area is 170 Å². The minimum absolute atomic E-state index is 0.0309. The normalized spacial score (nSPS) is 14.4. The number of nitrogens with zero attached hydrogens (tertiary/aromatic N) is 3. The lowest BCUT2D eigenvalue weighted by Gasteiger charge is -2.26. The summed E-state index contributed by atoms with van der Waals surface area (Å²) >= 11 is 1.37. The molecule has 0 spiro atoms. The number of allylic oxidation sites excluding steroid dienone is 2. The molecule has 0 fully saturated rings. The molecule has 1 heterocycles. The van der Waals surface area contributed by atoms with Crippen LogP contribution in [0.4, 0.5) is 0 Å². The lowest BCUT2D eigenvalue weighted by molar-refractivity contribution is -0.126. The summed E-state index contributed by atoms with van der Waals surface area (Å²) in [6, 6.07) is 7.41. The molecule has 1 aliphatic rings. The van der Waals surface area contributed by atoms with E-state index in [-0.39, 0.29) is 17.2 Å². The Bertz CT molecular complexity index is 933. The van der Waals surface area contributed by atoms with Gasteiger partial charge in [-0.3, -0.25) is 14.2 Å². The number of benzene rings is 1. The lowest BCUT2D eigenvalue weighted by atomic mass is 10.0. The lowest BCUT2D eigenvalue weighted by Crippen LogP contribution is -2.33. The fourth-order valence-corrected chi connectivity index (χ4v) is 4.48. The molecule has 1 aromatic heterocycles. The fraction of sp³-hybridized carbons (Fsp3) is 0.500. The second-order valence-electron chi connectivity index (χ2n) is 7.59. The van der Waals surface area contributed by atoms with Gasteiger partial charge in [0.05, 0.1) is 16.7 Å². The largest absolute Gasteiger partial charge is 0.316 e. The molecule has 6 heteroatoms. The number of hydrogen-bond acceptors (Lipinski definition) is 4. The summed E-state index contributed by atoms with van der Waals surface area (Å²) in [4.78, 5) is 32.4. The van der Waals surface area contributed by atoms with Crippen LogP contribution < -0.4 is 5.56 Å². The molecule has 0 saturated heterocycles. The molecule has 0 unspecified atom stereocenters. The maximum absolute atomic E-state index is 13.0. The summed E-state index contributed by atoms with van der Waals surface area (Å²) in [5.74, 6) is 0.683. The first-order valence-electron chi connectivity index (χ1n) is 10.1. The Kier molecular flexibility index (Phi) is 6.94. The van der Waals surface area contributed by atoms with E-state index in [1.54, 1.807) is 4.57 Å². The van der Waals surface area contributed by atoms with Crippen LogP contribution in [0.3, 0.4) is 0 Å². The van der Waals surface area contributed by atoms with Crippen LogP contribution in [0, 0.1) is 5.92 Å². The zero-order valence-corrected chi connectivity index (χ0v) is 17.8. The number of carbonyl (C=O) groups excluding carboxylic acids is 1. The van der Waals surface area contributed by atoms with Crippen LogP contribution in [-0.4, -0.2) is 32.7 Å². The van der Waals surface area contributed by atoms with Crippen LogP contribution in [0.25, 0.3) is 10.9 Å². The molecular weight excluding hydrogens is 370 g/mol. The van der Waals surface area contributed by atoms with Gasteiger partial charge in [0.1, 0.15) is 0 Å². The molecular formula is C22H29N3O2S. The maximum Gasteiger partial charge on any atom is 0.262 e. The average molecular weight is 400 g/mol. The van der Waals surface area contributed by atoms with Crippen molar-refractivity contribution < 1.29 is 4.79 Å². The molecule has 0 saturated carbocycles. The minimum Gasteiger partial charge on any atom is -0.316 e. The van der Waals surface area contributed by atoms with Gasteiger partial charge in [-0.05, 0) is 50.7 Å². The van der Waals surface area contributed by atoms with Crippen LogP contribution in [-0.2, 0) is 11.3 Å². The highest BCUT2D eigenvalue weighted by atomic mass is 32.2. The number of para-hydroxylation sites is 1. The van der Waals surface area contributed by atoms with Crippen molar-refractivity contribution in [3.05, 3.63) is 46.4 Å². The molecule has 0 aliphatic heterocycles. The monoisotopic (exact) mass is 399 g/mol. The Balaban J connectivity index is 1.85. The second kappa shape index (κ2) is 9.41. The Morgan fingerprint density at radius 2 is 2.07 bits per heavy atom. The predicted octanol–water partition coefficient (Wildman–Crippen LogP) is 4.45. The van der Waals surface area contributed by atoms with E-state index in [0.717, 1.165) is 25.0 Å². The number of fused-ring (bicyclic) bond motifs is 1. The molecule has 28 heavy (non-hydrogen) atoms. The number of hydrogen-bond donors (Lipinski definition) is 0. The van der Waals surface area contributed by atoms with Crippen LogP contribution in [0.2, 0.25) is 0 Å². The highest BCUT2D eigenvalue weighted by molar-refractivity contribution is 7.99. The van der Waals surface area contributed by atoms with E-state index in [1.807, 2.05) is 36.1 Å². The van der Waals surface area contributed by atoms with Crippen molar-refractivity contribution in [3.8, 4) is 0 Å². The second-order valence-corrected chi connectivity index (χ2v) is 8.53. The van der Waals surface area contributed by atoms with Gasteiger partial charge in [-0.15, -0.1) is 0 Å². The Morgan fingerprint density at radius 3 is 2.75 bits per heavy atom. The summed E-state index contributed by atoms with van der Waals surface area (Å²) in [6.45, 7) is 7.44. The molecule has 0 atom stereocenters. The molecule has 1 aromatic carbocycles. The number of amides is 1. The highest BCUT2D eigenvalue weighted by Crippen LogP contribution is 2.24. The standard InChI is InChI=1S/C22H29N3O2S/c1-4-24(17-10-6-5-7-11-17)20(26)15-28-22-23-19-13-9-8-12-18(19)21(27)25(22)14-16(2)3/h8-10,12-13,16H,4-7,11,14-15H2,1-3H3. The first kappa shape index (κ1) is 20.6. The molecule has 0 N–H and O–H groups in total. The molecule has 5 nitrogen and oxygen atoms in total. The van der Waals surface area contributed by atoms with E-state index < -0.39 is 0 Å². The summed E-state index contributed by atoms with van der Waals surface area (Å²) in [6.07, 6.45) is 6.55. The van der Waals surface area contributed by atoms with Crippen LogP contribution in [0.1, 0.15) is 46.5 Å². The Morgan fingerprint density at radius 1 is 1.29 bits per heavy atom. The SMILES string of the molecule is CCN(C(=O)CSc1nc2ccccc2c(=O)n1CC(C)C)C1=CCCCC1. The fourth-order valence-electron chi connectivity index (χ4n) is 3.59. The van der Waals surface area contributed by atoms with Crippen molar-refractivity contribution in [2.75, 3.05) is 12.3 Å². The van der Waals surface area contributed by atoms with Gasteiger partial charge in [-0.25, -0.2) is 4.98 Å². The first-order valence-corrected chi connectivity index (χ1v) is 11.1. The molecule has 1 amide bonds. The third-order valence-electron chi connectivity index (χ3n) is 4.93. The zero-order chi connectivity index (χ0) is 20.1. The topological polar surface area (TPSA) is 55.2 Å². The summed E-state index contributed by atoms with van der Waals surface area (Å²) in [7, 11) is 0. The molecule has 150 valence electrons. The average Bonchev–Trinajstić information content (AvgIpc) is 2.70. The van der Waals surface area contributed by atoms with Gasteiger partial charge >= 0.3 is 0 Å². The van der Waals surface area contributed by atoms with Crippen molar-refractivity contribution in [1.29, 1.82) is 0 Å². The van der Waals surface area contributed by atoms with E-state index in [0.29, 0.717) is 35.1 Å². The summed E-state index contributed by atoms with van der Waals surface area (Å²) in [5.41, 5.74) is 1.80. The van der Waals surface area contributed by atoms with Gasteiger partial charge in [0, 0.05) is 18.8 Å². The molecule has 3 rings (SSSR count). The van der Waals surface area contributed by atoms with Gasteiger partial charge in [0.15, 0.2) is 5.16 Å². The van der Waals surface area contributed by atoms with Gasteiger partial charge in [0.25, 0.3) is 5.56 Å². The third-order valence-corrected chi connectivity index (χ3v) is 5.89. The summed E-state index contributed by atoms with van der Waals surface area (Å²) in [5, 5.41) is 1.25. The smallest absolute Gasteiger partial charge is 0.262 e. The number of rotatable bonds is 7. The maximum atomic E-state index is 13.0. The van der Waals surface area contributed by atoms with Crippen molar-refractivity contribution in [3.63, 3.8) is 0 Å². The predicted molar refractivity (Wildman–Crippen MR) is 116 cm³/mol. The van der Waals surface area contributed by atoms with E-state index in [2.05, 4.69) is 19.9 Å². The molecule has 0 radical (unpaired) electrons. The Hall–Kier alpha value is -2.08. The van der Waals surface area contributed by atoms with E-state index in [4.69, 9.17) is 4.98 Å². The quantitative estimate of drug-likeness (QED) is 0.510. The van der Waals surface area contributed by atoms with Gasteiger partial charge < -0.3 is 4.90 Å². The van der Waals surface area contributed by atoms with E-state index in [1.165, 1.54) is 18.2 Å². The zero-order valence-electron chi connectivity index (χ0n) is 17.0. The van der Waals surface area contributed by atoms with E-state index in [9.17, 15) is 9.59 Å². The van der Waals surface area contributed by atoms with Crippen molar-refractivity contribution in [2.24, 2.45) is 5.92 Å². The minimum atomic E-state index is -0.0309. The van der Waals surface area contributed by atoms with Crippen molar-refractivity contribution in [1.82, 2.24) is 14.5 Å². The van der Waals surface area contributed by atoms with Crippen molar-refractivity contribution >= 4 is 28.6 Å². The van der Waals surface area contributed by atoms with Crippen LogP contribution in [0.5, 0.6) is 0 Å². The van der Waals surface area contributed by atoms with Crippen LogP contribution >= 0.6 is 11.8 Å². The van der Waals surface area contributed by atoms with E-state index >= 15 is 0 Å². The third kappa shape index (κ3) is 4.66.